The van der Waals surface area contributed by atoms with Gasteiger partial charge in [-0.1, -0.05) is 30.3 Å². The smallest absolute Gasteiger partial charge is 0.150 e. The maximum atomic E-state index is 10.7. The van der Waals surface area contributed by atoms with Crippen molar-refractivity contribution < 1.29 is 9.53 Å². The molecule has 0 aliphatic carbocycles. The summed E-state index contributed by atoms with van der Waals surface area (Å²) in [6.07, 6.45) is 0.859. The molecule has 0 N–H and O–H groups in total. The van der Waals surface area contributed by atoms with Crippen molar-refractivity contribution in [1.29, 1.82) is 0 Å². The van der Waals surface area contributed by atoms with Crippen molar-refractivity contribution >= 4 is 6.29 Å². The van der Waals surface area contributed by atoms with Gasteiger partial charge >= 0.3 is 0 Å². The molecule has 0 aliphatic heterocycles. The van der Waals surface area contributed by atoms with E-state index in [1.165, 1.54) is 0 Å². The van der Waals surface area contributed by atoms with Crippen molar-refractivity contribution in [3.8, 4) is 16.9 Å². The fourth-order valence-electron chi connectivity index (χ4n) is 1.70. The van der Waals surface area contributed by atoms with Gasteiger partial charge in [0.2, 0.25) is 0 Å². The second-order valence-electron chi connectivity index (χ2n) is 3.70. The maximum Gasteiger partial charge on any atom is 0.150 e. The van der Waals surface area contributed by atoms with Crippen LogP contribution in [0.25, 0.3) is 11.1 Å². The molecule has 2 heteroatoms. The van der Waals surface area contributed by atoms with Gasteiger partial charge in [-0.25, -0.2) is 0 Å². The van der Waals surface area contributed by atoms with Gasteiger partial charge in [-0.2, -0.15) is 0 Å². The summed E-state index contributed by atoms with van der Waals surface area (Å²) in [7, 11) is 0. The molecule has 0 bridgehead atoms. The van der Waals surface area contributed by atoms with Crippen molar-refractivity contribution in [3.63, 3.8) is 0 Å². The van der Waals surface area contributed by atoms with E-state index in [0.29, 0.717) is 12.2 Å². The minimum absolute atomic E-state index is 0.667. The van der Waals surface area contributed by atoms with Gasteiger partial charge < -0.3 is 4.74 Å². The maximum absolute atomic E-state index is 10.7. The van der Waals surface area contributed by atoms with E-state index in [2.05, 4.69) is 0 Å². The lowest BCUT2D eigenvalue weighted by molar-refractivity contribution is 0.112. The number of ether oxygens (including phenoxy) is 1. The lowest BCUT2D eigenvalue weighted by Crippen LogP contribution is -1.90. The molecule has 2 nitrogen and oxygen atoms in total. The lowest BCUT2D eigenvalue weighted by Gasteiger charge is -2.05. The zero-order valence-electron chi connectivity index (χ0n) is 9.72. The van der Waals surface area contributed by atoms with Crippen LogP contribution in [0.2, 0.25) is 0 Å². The summed E-state index contributed by atoms with van der Waals surface area (Å²) >= 11 is 0. The molecule has 0 amide bonds. The number of benzene rings is 2. The largest absolute Gasteiger partial charge is 0.494 e. The summed E-state index contributed by atoms with van der Waals surface area (Å²) in [5.74, 6) is 0.864. The molecule has 2 aromatic rings. The van der Waals surface area contributed by atoms with Crippen LogP contribution in [0.15, 0.2) is 48.5 Å². The zero-order valence-corrected chi connectivity index (χ0v) is 9.72. The lowest BCUT2D eigenvalue weighted by atomic mass is 10.0. The van der Waals surface area contributed by atoms with Crippen LogP contribution in [0.3, 0.4) is 0 Å². The molecule has 0 fully saturated rings. The highest BCUT2D eigenvalue weighted by molar-refractivity contribution is 5.78. The molecular weight excluding hydrogens is 212 g/mol. The van der Waals surface area contributed by atoms with Gasteiger partial charge in [0.15, 0.2) is 0 Å². The Morgan fingerprint density at radius 2 is 1.82 bits per heavy atom. The molecule has 2 aromatic carbocycles. The molecule has 86 valence electrons. The second-order valence-corrected chi connectivity index (χ2v) is 3.70. The molecule has 0 heterocycles. The zero-order chi connectivity index (χ0) is 12.1. The summed E-state index contributed by atoms with van der Waals surface area (Å²) in [6.45, 7) is 2.63. The van der Waals surface area contributed by atoms with Gasteiger partial charge in [0.05, 0.1) is 6.61 Å². The topological polar surface area (TPSA) is 26.3 Å². The van der Waals surface area contributed by atoms with Gasteiger partial charge in [-0.15, -0.1) is 0 Å². The molecule has 0 saturated carbocycles. The van der Waals surface area contributed by atoms with Crippen LogP contribution >= 0.6 is 0 Å². The first-order valence-electron chi connectivity index (χ1n) is 5.62. The fraction of sp³-hybridized carbons (Fsp3) is 0.133. The third-order valence-electron chi connectivity index (χ3n) is 2.52. The summed E-state index contributed by atoms with van der Waals surface area (Å²) < 4.78 is 5.39. The third kappa shape index (κ3) is 2.72. The van der Waals surface area contributed by atoms with Crippen molar-refractivity contribution in [1.82, 2.24) is 0 Å². The summed E-state index contributed by atoms with van der Waals surface area (Å²) in [6, 6.07) is 15.4. The van der Waals surface area contributed by atoms with Crippen molar-refractivity contribution in [2.45, 2.75) is 6.92 Å². The SMILES string of the molecule is CCOc1ccc(-c2cccc(C=O)c2)cc1. The van der Waals surface area contributed by atoms with Gasteiger partial charge in [0.1, 0.15) is 12.0 Å². The molecule has 2 rings (SSSR count). The molecule has 0 atom stereocenters. The summed E-state index contributed by atoms with van der Waals surface area (Å²) in [5, 5.41) is 0. The van der Waals surface area contributed by atoms with Crippen molar-refractivity contribution in [2.24, 2.45) is 0 Å². The van der Waals surface area contributed by atoms with Gasteiger partial charge in [0.25, 0.3) is 0 Å². The number of carbonyl (C=O) groups is 1. The predicted molar refractivity (Wildman–Crippen MR) is 68.4 cm³/mol. The summed E-state index contributed by atoms with van der Waals surface area (Å²) in [5.41, 5.74) is 2.81. The average Bonchev–Trinajstić information content (AvgIpc) is 2.40. The molecule has 0 aliphatic rings. The standard InChI is InChI=1S/C15H14O2/c1-2-17-15-8-6-13(7-9-15)14-5-3-4-12(10-14)11-16/h3-11H,2H2,1H3. The fourth-order valence-corrected chi connectivity index (χ4v) is 1.70. The van der Waals surface area contributed by atoms with E-state index in [9.17, 15) is 4.79 Å². The third-order valence-corrected chi connectivity index (χ3v) is 2.52. The number of carbonyl (C=O) groups excluding carboxylic acids is 1. The highest BCUT2D eigenvalue weighted by Crippen LogP contribution is 2.22. The van der Waals surface area contributed by atoms with E-state index < -0.39 is 0 Å². The van der Waals surface area contributed by atoms with Crippen LogP contribution in [-0.2, 0) is 0 Å². The Hall–Kier alpha value is -2.09. The Kier molecular flexibility index (Phi) is 3.55. The molecular formula is C15H14O2. The highest BCUT2D eigenvalue weighted by Gasteiger charge is 1.99. The first kappa shape index (κ1) is 11.4. The highest BCUT2D eigenvalue weighted by atomic mass is 16.5. The average molecular weight is 226 g/mol. The van der Waals surface area contributed by atoms with Gasteiger partial charge in [0, 0.05) is 5.56 Å². The molecule has 0 spiro atoms. The van der Waals surface area contributed by atoms with Crippen LogP contribution in [0.4, 0.5) is 0 Å². The number of rotatable bonds is 4. The van der Waals surface area contributed by atoms with Crippen LogP contribution in [0.1, 0.15) is 17.3 Å². The van der Waals surface area contributed by atoms with E-state index in [4.69, 9.17) is 4.74 Å². The van der Waals surface area contributed by atoms with Crippen LogP contribution < -0.4 is 4.74 Å². The second kappa shape index (κ2) is 5.30. The van der Waals surface area contributed by atoms with E-state index in [-0.39, 0.29) is 0 Å². The predicted octanol–water partition coefficient (Wildman–Crippen LogP) is 3.56. The van der Waals surface area contributed by atoms with E-state index in [1.807, 2.05) is 49.4 Å². The Morgan fingerprint density at radius 3 is 2.47 bits per heavy atom. The molecule has 17 heavy (non-hydrogen) atoms. The Labute approximate surface area is 101 Å². The van der Waals surface area contributed by atoms with Gasteiger partial charge in [-0.05, 0) is 36.2 Å². The minimum atomic E-state index is 0.667. The molecule has 0 radical (unpaired) electrons. The quantitative estimate of drug-likeness (QED) is 0.745. The van der Waals surface area contributed by atoms with E-state index >= 15 is 0 Å². The van der Waals surface area contributed by atoms with Crippen molar-refractivity contribution in [3.05, 3.63) is 54.1 Å². The van der Waals surface area contributed by atoms with Gasteiger partial charge in [-0.3, -0.25) is 4.79 Å². The Balaban J connectivity index is 2.29. The first-order chi connectivity index (χ1) is 8.33. The molecule has 0 unspecified atom stereocenters. The number of hydrogen-bond acceptors (Lipinski definition) is 2. The number of hydrogen-bond donors (Lipinski definition) is 0. The molecule has 0 saturated heterocycles. The van der Waals surface area contributed by atoms with Crippen LogP contribution in [0.5, 0.6) is 5.75 Å². The first-order valence-corrected chi connectivity index (χ1v) is 5.62. The molecule has 0 aromatic heterocycles. The number of aldehydes is 1. The van der Waals surface area contributed by atoms with Crippen molar-refractivity contribution in [2.75, 3.05) is 6.61 Å². The van der Waals surface area contributed by atoms with Crippen LogP contribution in [0, 0.1) is 0 Å². The Morgan fingerprint density at radius 1 is 1.06 bits per heavy atom. The van der Waals surface area contributed by atoms with E-state index in [1.54, 1.807) is 6.07 Å². The minimum Gasteiger partial charge on any atom is -0.494 e. The van der Waals surface area contributed by atoms with Crippen LogP contribution in [-0.4, -0.2) is 12.9 Å². The Bertz CT molecular complexity index is 501. The normalized spacial score (nSPS) is 9.94. The van der Waals surface area contributed by atoms with E-state index in [0.717, 1.165) is 23.2 Å². The monoisotopic (exact) mass is 226 g/mol. The summed E-state index contributed by atoms with van der Waals surface area (Å²) in [4.78, 5) is 10.7.